The van der Waals surface area contributed by atoms with Gasteiger partial charge >= 0.3 is 5.97 Å². The Bertz CT molecular complexity index is 266. The van der Waals surface area contributed by atoms with Gasteiger partial charge in [0.15, 0.2) is 0 Å². The topological polar surface area (TPSA) is 95.5 Å². The molecule has 3 N–H and O–H groups in total. The van der Waals surface area contributed by atoms with Crippen LogP contribution in [-0.4, -0.2) is 35.5 Å². The molecule has 16 heavy (non-hydrogen) atoms. The molecule has 0 spiro atoms. The Morgan fingerprint density at radius 3 is 2.38 bits per heavy atom. The van der Waals surface area contributed by atoms with Crippen LogP contribution in [0.25, 0.3) is 0 Å². The third-order valence-corrected chi connectivity index (χ3v) is 1.92. The van der Waals surface area contributed by atoms with Gasteiger partial charge in [0.1, 0.15) is 0 Å². The first-order valence-electron chi connectivity index (χ1n) is 5.17. The van der Waals surface area contributed by atoms with Crippen molar-refractivity contribution in [3.05, 3.63) is 0 Å². The van der Waals surface area contributed by atoms with Crippen LogP contribution in [0, 0.1) is 0 Å². The molecule has 92 valence electrons. The molecule has 0 aromatic rings. The molecule has 0 heterocycles. The molecular weight excluding hydrogens is 212 g/mol. The average Bonchev–Trinajstić information content (AvgIpc) is 2.14. The van der Waals surface area contributed by atoms with Crippen LogP contribution >= 0.6 is 0 Å². The van der Waals surface area contributed by atoms with Crippen LogP contribution in [0.2, 0.25) is 0 Å². The van der Waals surface area contributed by atoms with Crippen molar-refractivity contribution < 1.29 is 19.5 Å². The zero-order chi connectivity index (χ0) is 12.6. The number of carbonyl (C=O) groups excluding carboxylic acids is 2. The van der Waals surface area contributed by atoms with Crippen LogP contribution in [0.3, 0.4) is 0 Å². The number of rotatable bonds is 7. The minimum Gasteiger partial charge on any atom is -0.481 e. The molecule has 6 heteroatoms. The van der Waals surface area contributed by atoms with E-state index in [0.29, 0.717) is 13.0 Å². The first-order chi connectivity index (χ1) is 7.41. The highest BCUT2D eigenvalue weighted by Crippen LogP contribution is 1.96. The van der Waals surface area contributed by atoms with Crippen LogP contribution in [0.15, 0.2) is 0 Å². The van der Waals surface area contributed by atoms with Crippen molar-refractivity contribution in [2.45, 2.75) is 39.2 Å². The van der Waals surface area contributed by atoms with Crippen molar-refractivity contribution in [3.8, 4) is 0 Å². The standard InChI is InChI=1S/C10H18N2O4/c1-7(3-4-10(15)16)12-9(14)5-6-11-8(2)13/h7H,3-6H2,1-2H3,(H,11,13)(H,12,14)(H,15,16). The average molecular weight is 230 g/mol. The molecule has 1 atom stereocenters. The second-order valence-corrected chi connectivity index (χ2v) is 3.63. The lowest BCUT2D eigenvalue weighted by Gasteiger charge is -2.12. The molecular formula is C10H18N2O4. The van der Waals surface area contributed by atoms with E-state index in [1.54, 1.807) is 6.92 Å². The Balaban J connectivity index is 3.61. The second-order valence-electron chi connectivity index (χ2n) is 3.63. The predicted octanol–water partition coefficient (Wildman–Crippen LogP) is -0.118. The first kappa shape index (κ1) is 14.4. The van der Waals surface area contributed by atoms with Crippen LogP contribution in [-0.2, 0) is 14.4 Å². The Hall–Kier alpha value is -1.59. The van der Waals surface area contributed by atoms with Gasteiger partial charge in [0.05, 0.1) is 0 Å². The molecule has 0 saturated carbocycles. The third kappa shape index (κ3) is 8.98. The molecule has 0 aromatic heterocycles. The third-order valence-electron chi connectivity index (χ3n) is 1.92. The van der Waals surface area contributed by atoms with Crippen LogP contribution in [0.1, 0.15) is 33.1 Å². The quantitative estimate of drug-likeness (QED) is 0.568. The van der Waals surface area contributed by atoms with Crippen LogP contribution in [0.5, 0.6) is 0 Å². The fourth-order valence-electron chi connectivity index (χ4n) is 1.11. The molecule has 2 amide bonds. The van der Waals surface area contributed by atoms with E-state index in [0.717, 1.165) is 0 Å². The van der Waals surface area contributed by atoms with Gasteiger partial charge in [-0.05, 0) is 13.3 Å². The SMILES string of the molecule is CC(=O)NCCC(=O)NC(C)CCC(=O)O. The summed E-state index contributed by atoms with van der Waals surface area (Å²) in [5.74, 6) is -1.24. The minimum absolute atomic E-state index is 0.0349. The van der Waals surface area contributed by atoms with Gasteiger partial charge in [-0.2, -0.15) is 0 Å². The highest BCUT2D eigenvalue weighted by Gasteiger charge is 2.08. The normalized spacial score (nSPS) is 11.6. The maximum absolute atomic E-state index is 11.3. The molecule has 0 rings (SSSR count). The number of nitrogens with one attached hydrogen (secondary N) is 2. The molecule has 1 unspecified atom stereocenters. The number of carboxylic acids is 1. The Labute approximate surface area is 94.4 Å². The smallest absolute Gasteiger partial charge is 0.303 e. The van der Waals surface area contributed by atoms with E-state index < -0.39 is 5.97 Å². The molecule has 6 nitrogen and oxygen atoms in total. The summed E-state index contributed by atoms with van der Waals surface area (Å²) in [7, 11) is 0. The minimum atomic E-state index is -0.876. The van der Waals surface area contributed by atoms with Gasteiger partial charge in [0.25, 0.3) is 0 Å². The Morgan fingerprint density at radius 2 is 1.88 bits per heavy atom. The highest BCUT2D eigenvalue weighted by molar-refractivity contribution is 5.78. The summed E-state index contributed by atoms with van der Waals surface area (Å²) in [6.07, 6.45) is 0.644. The van der Waals surface area contributed by atoms with Gasteiger partial charge in [0, 0.05) is 32.4 Å². The maximum Gasteiger partial charge on any atom is 0.303 e. The Morgan fingerprint density at radius 1 is 1.25 bits per heavy atom. The predicted molar refractivity (Wildman–Crippen MR) is 57.8 cm³/mol. The fourth-order valence-corrected chi connectivity index (χ4v) is 1.11. The number of amides is 2. The Kier molecular flexibility index (Phi) is 6.91. The number of aliphatic carboxylic acids is 1. The summed E-state index contributed by atoms with van der Waals surface area (Å²) in [6, 6.07) is -0.166. The van der Waals surface area contributed by atoms with E-state index in [1.165, 1.54) is 6.92 Å². The molecule has 0 aliphatic rings. The van der Waals surface area contributed by atoms with Crippen LogP contribution in [0.4, 0.5) is 0 Å². The first-order valence-corrected chi connectivity index (χ1v) is 5.17. The van der Waals surface area contributed by atoms with Gasteiger partial charge in [-0.1, -0.05) is 0 Å². The van der Waals surface area contributed by atoms with Gasteiger partial charge in [-0.3, -0.25) is 14.4 Å². The summed E-state index contributed by atoms with van der Waals surface area (Å²) in [4.78, 5) is 32.1. The molecule has 0 fully saturated rings. The number of hydrogen-bond acceptors (Lipinski definition) is 3. The summed E-state index contributed by atoms with van der Waals surface area (Å²) in [5, 5.41) is 13.6. The van der Waals surface area contributed by atoms with E-state index in [-0.39, 0.29) is 30.7 Å². The number of carbonyl (C=O) groups is 3. The molecule has 0 saturated heterocycles. The van der Waals surface area contributed by atoms with Crippen molar-refractivity contribution in [2.75, 3.05) is 6.54 Å². The molecule has 0 aliphatic heterocycles. The summed E-state index contributed by atoms with van der Waals surface area (Å²) >= 11 is 0. The van der Waals surface area contributed by atoms with Gasteiger partial charge in [0.2, 0.25) is 11.8 Å². The molecule has 0 bridgehead atoms. The largest absolute Gasteiger partial charge is 0.481 e. The highest BCUT2D eigenvalue weighted by atomic mass is 16.4. The lowest BCUT2D eigenvalue weighted by molar-refractivity contribution is -0.137. The summed E-state index contributed by atoms with van der Waals surface area (Å²) in [5.41, 5.74) is 0. The monoisotopic (exact) mass is 230 g/mol. The maximum atomic E-state index is 11.3. The fraction of sp³-hybridized carbons (Fsp3) is 0.700. The van der Waals surface area contributed by atoms with Crippen molar-refractivity contribution in [3.63, 3.8) is 0 Å². The summed E-state index contributed by atoms with van der Waals surface area (Å²) in [6.45, 7) is 3.43. The number of carboxylic acid groups (broad SMARTS) is 1. The van der Waals surface area contributed by atoms with Crippen LogP contribution < -0.4 is 10.6 Å². The summed E-state index contributed by atoms with van der Waals surface area (Å²) < 4.78 is 0. The van der Waals surface area contributed by atoms with Crippen molar-refractivity contribution in [1.82, 2.24) is 10.6 Å². The zero-order valence-electron chi connectivity index (χ0n) is 9.58. The van der Waals surface area contributed by atoms with Gasteiger partial charge < -0.3 is 15.7 Å². The van der Waals surface area contributed by atoms with Crippen molar-refractivity contribution in [2.24, 2.45) is 0 Å². The lowest BCUT2D eigenvalue weighted by Crippen LogP contribution is -2.35. The molecule has 0 aromatic carbocycles. The van der Waals surface area contributed by atoms with E-state index in [1.807, 2.05) is 0 Å². The number of hydrogen-bond donors (Lipinski definition) is 3. The molecule has 0 aliphatic carbocycles. The molecule has 0 radical (unpaired) electrons. The second kappa shape index (κ2) is 7.67. The van der Waals surface area contributed by atoms with Crippen molar-refractivity contribution in [1.29, 1.82) is 0 Å². The lowest BCUT2D eigenvalue weighted by atomic mass is 10.2. The van der Waals surface area contributed by atoms with Crippen molar-refractivity contribution >= 4 is 17.8 Å². The van der Waals surface area contributed by atoms with E-state index in [9.17, 15) is 14.4 Å². The zero-order valence-corrected chi connectivity index (χ0v) is 9.58. The van der Waals surface area contributed by atoms with Gasteiger partial charge in [-0.15, -0.1) is 0 Å². The van der Waals surface area contributed by atoms with E-state index >= 15 is 0 Å². The van der Waals surface area contributed by atoms with E-state index in [2.05, 4.69) is 10.6 Å². The van der Waals surface area contributed by atoms with Gasteiger partial charge in [-0.25, -0.2) is 0 Å². The van der Waals surface area contributed by atoms with E-state index in [4.69, 9.17) is 5.11 Å².